The Bertz CT molecular complexity index is 596. The Morgan fingerprint density at radius 1 is 1.35 bits per heavy atom. The van der Waals surface area contributed by atoms with Crippen molar-refractivity contribution in [3.8, 4) is 0 Å². The highest BCUT2D eigenvalue weighted by Gasteiger charge is 2.21. The zero-order chi connectivity index (χ0) is 14.8. The topological polar surface area (TPSA) is 54.1 Å². The molecule has 1 aromatic carbocycles. The number of para-hydroxylation sites is 1. The highest BCUT2D eigenvalue weighted by atomic mass is 16.6. The predicted molar refractivity (Wildman–Crippen MR) is 80.7 cm³/mol. The fourth-order valence-electron chi connectivity index (χ4n) is 2.23. The molecule has 0 aliphatic carbocycles. The number of benzene rings is 1. The number of fused-ring (bicyclic) bond motifs is 1. The van der Waals surface area contributed by atoms with Crippen molar-refractivity contribution in [2.75, 3.05) is 0 Å². The lowest BCUT2D eigenvalue weighted by Gasteiger charge is -2.23. The number of H-pyrrole nitrogens is 1. The molecule has 1 aromatic heterocycles. The molecule has 0 saturated carbocycles. The van der Waals surface area contributed by atoms with E-state index in [4.69, 9.17) is 4.74 Å². The van der Waals surface area contributed by atoms with E-state index in [0.29, 0.717) is 0 Å². The third-order valence-corrected chi connectivity index (χ3v) is 3.10. The number of hydrogen-bond acceptors (Lipinski definition) is 2. The molecule has 108 valence electrons. The number of aromatic nitrogens is 1. The van der Waals surface area contributed by atoms with Gasteiger partial charge in [0, 0.05) is 17.1 Å². The number of hydrogen-bond donors (Lipinski definition) is 2. The minimum Gasteiger partial charge on any atom is -0.444 e. The summed E-state index contributed by atoms with van der Waals surface area (Å²) in [7, 11) is 0. The molecule has 20 heavy (non-hydrogen) atoms. The molecule has 2 N–H and O–H groups in total. The SMILES string of the molecule is CC[C@H](NC(=O)OC(C)(C)C)c1c[nH]c2ccccc12. The fraction of sp³-hybridized carbons (Fsp3) is 0.438. The van der Waals surface area contributed by atoms with Crippen molar-refractivity contribution in [2.24, 2.45) is 0 Å². The third kappa shape index (κ3) is 3.32. The first-order valence-electron chi connectivity index (χ1n) is 6.96. The van der Waals surface area contributed by atoms with Gasteiger partial charge in [0.15, 0.2) is 0 Å². The van der Waals surface area contributed by atoms with Crippen LogP contribution in [0.25, 0.3) is 10.9 Å². The molecule has 0 radical (unpaired) electrons. The molecule has 4 heteroatoms. The predicted octanol–water partition coefficient (Wildman–Crippen LogP) is 4.14. The summed E-state index contributed by atoms with van der Waals surface area (Å²) in [5, 5.41) is 4.07. The molecule has 0 fully saturated rings. The molecule has 1 heterocycles. The van der Waals surface area contributed by atoms with Crippen molar-refractivity contribution in [1.29, 1.82) is 0 Å². The van der Waals surface area contributed by atoms with Crippen LogP contribution in [0.3, 0.4) is 0 Å². The van der Waals surface area contributed by atoms with Gasteiger partial charge >= 0.3 is 6.09 Å². The maximum Gasteiger partial charge on any atom is 0.408 e. The second-order valence-corrected chi connectivity index (χ2v) is 5.90. The van der Waals surface area contributed by atoms with Gasteiger partial charge in [-0.3, -0.25) is 0 Å². The minimum atomic E-state index is -0.484. The van der Waals surface area contributed by atoms with E-state index in [0.717, 1.165) is 22.9 Å². The van der Waals surface area contributed by atoms with Crippen molar-refractivity contribution in [3.05, 3.63) is 36.0 Å². The van der Waals surface area contributed by atoms with Crippen LogP contribution in [0.1, 0.15) is 45.7 Å². The van der Waals surface area contributed by atoms with Crippen LogP contribution < -0.4 is 5.32 Å². The fourth-order valence-corrected chi connectivity index (χ4v) is 2.23. The van der Waals surface area contributed by atoms with Crippen molar-refractivity contribution >= 4 is 17.0 Å². The van der Waals surface area contributed by atoms with Gasteiger partial charge in [0.05, 0.1) is 6.04 Å². The molecule has 0 spiro atoms. The van der Waals surface area contributed by atoms with E-state index in [2.05, 4.69) is 16.4 Å². The van der Waals surface area contributed by atoms with Gasteiger partial charge in [0.2, 0.25) is 0 Å². The van der Waals surface area contributed by atoms with Gasteiger partial charge in [-0.1, -0.05) is 25.1 Å². The Kier molecular flexibility index (Phi) is 4.02. The summed E-state index contributed by atoms with van der Waals surface area (Å²) in [6.45, 7) is 7.63. The van der Waals surface area contributed by atoms with Gasteiger partial charge in [-0.2, -0.15) is 0 Å². The number of aromatic amines is 1. The van der Waals surface area contributed by atoms with E-state index in [1.165, 1.54) is 0 Å². The maximum atomic E-state index is 11.9. The number of amides is 1. The lowest BCUT2D eigenvalue weighted by Crippen LogP contribution is -2.34. The van der Waals surface area contributed by atoms with Crippen molar-refractivity contribution in [3.63, 3.8) is 0 Å². The van der Waals surface area contributed by atoms with Crippen LogP contribution in [0, 0.1) is 0 Å². The second kappa shape index (κ2) is 5.57. The number of carbonyl (C=O) groups excluding carboxylic acids is 1. The zero-order valence-electron chi connectivity index (χ0n) is 12.5. The normalized spacial score (nSPS) is 13.2. The van der Waals surface area contributed by atoms with Gasteiger partial charge in [-0.25, -0.2) is 4.79 Å². The van der Waals surface area contributed by atoms with Gasteiger partial charge < -0.3 is 15.0 Å². The third-order valence-electron chi connectivity index (χ3n) is 3.10. The van der Waals surface area contributed by atoms with Crippen LogP contribution in [0.4, 0.5) is 4.79 Å². The molecular weight excluding hydrogens is 252 g/mol. The van der Waals surface area contributed by atoms with Crippen LogP contribution in [0.2, 0.25) is 0 Å². The number of rotatable bonds is 3. The Labute approximate surface area is 119 Å². The van der Waals surface area contributed by atoms with E-state index in [1.807, 2.05) is 52.1 Å². The highest BCUT2D eigenvalue weighted by molar-refractivity contribution is 5.84. The standard InChI is InChI=1S/C16H22N2O2/c1-5-13(18-15(19)20-16(2,3)4)12-10-17-14-9-7-6-8-11(12)14/h6-10,13,17H,5H2,1-4H3,(H,18,19)/t13-/m0/s1. The molecular formula is C16H22N2O2. The first-order valence-corrected chi connectivity index (χ1v) is 6.96. The molecule has 0 bridgehead atoms. The molecule has 2 rings (SSSR count). The van der Waals surface area contributed by atoms with Crippen molar-refractivity contribution in [1.82, 2.24) is 10.3 Å². The Morgan fingerprint density at radius 3 is 2.70 bits per heavy atom. The second-order valence-electron chi connectivity index (χ2n) is 5.90. The first kappa shape index (κ1) is 14.4. The Hall–Kier alpha value is -1.97. The Balaban J connectivity index is 2.18. The number of ether oxygens (including phenoxy) is 1. The highest BCUT2D eigenvalue weighted by Crippen LogP contribution is 2.26. The minimum absolute atomic E-state index is 0.0546. The summed E-state index contributed by atoms with van der Waals surface area (Å²) in [5.74, 6) is 0. The summed E-state index contributed by atoms with van der Waals surface area (Å²) in [6, 6.07) is 8.02. The molecule has 1 atom stereocenters. The largest absolute Gasteiger partial charge is 0.444 e. The lowest BCUT2D eigenvalue weighted by molar-refractivity contribution is 0.0502. The smallest absolute Gasteiger partial charge is 0.408 e. The molecule has 0 aliphatic rings. The Morgan fingerprint density at radius 2 is 2.05 bits per heavy atom. The summed E-state index contributed by atoms with van der Waals surface area (Å²) >= 11 is 0. The molecule has 4 nitrogen and oxygen atoms in total. The monoisotopic (exact) mass is 274 g/mol. The van der Waals surface area contributed by atoms with Gasteiger partial charge in [0.25, 0.3) is 0 Å². The summed E-state index contributed by atoms with van der Waals surface area (Å²) in [4.78, 5) is 15.1. The maximum absolute atomic E-state index is 11.9. The van der Waals surface area contributed by atoms with Gasteiger partial charge in [-0.05, 0) is 38.8 Å². The molecule has 0 saturated heterocycles. The number of nitrogens with one attached hydrogen (secondary N) is 2. The van der Waals surface area contributed by atoms with Crippen LogP contribution in [0.5, 0.6) is 0 Å². The summed E-state index contributed by atoms with van der Waals surface area (Å²) < 4.78 is 5.32. The van der Waals surface area contributed by atoms with Gasteiger partial charge in [0.1, 0.15) is 5.60 Å². The summed E-state index contributed by atoms with van der Waals surface area (Å²) in [5.41, 5.74) is 1.68. The van der Waals surface area contributed by atoms with Crippen LogP contribution in [0.15, 0.2) is 30.5 Å². The van der Waals surface area contributed by atoms with E-state index in [-0.39, 0.29) is 12.1 Å². The molecule has 1 amide bonds. The van der Waals surface area contributed by atoms with E-state index >= 15 is 0 Å². The van der Waals surface area contributed by atoms with Crippen molar-refractivity contribution in [2.45, 2.75) is 45.8 Å². The van der Waals surface area contributed by atoms with Crippen LogP contribution in [-0.2, 0) is 4.74 Å². The number of carbonyl (C=O) groups is 1. The van der Waals surface area contributed by atoms with E-state index in [9.17, 15) is 4.79 Å². The zero-order valence-corrected chi connectivity index (χ0v) is 12.5. The van der Waals surface area contributed by atoms with Gasteiger partial charge in [-0.15, -0.1) is 0 Å². The molecule has 2 aromatic rings. The molecule has 0 aliphatic heterocycles. The van der Waals surface area contributed by atoms with E-state index < -0.39 is 5.60 Å². The number of alkyl carbamates (subject to hydrolysis) is 1. The van der Waals surface area contributed by atoms with E-state index in [1.54, 1.807) is 0 Å². The lowest BCUT2D eigenvalue weighted by atomic mass is 10.0. The summed E-state index contributed by atoms with van der Waals surface area (Å²) in [6.07, 6.45) is 2.38. The van der Waals surface area contributed by atoms with Crippen LogP contribution in [-0.4, -0.2) is 16.7 Å². The average Bonchev–Trinajstić information content (AvgIpc) is 2.77. The van der Waals surface area contributed by atoms with Crippen LogP contribution >= 0.6 is 0 Å². The quantitative estimate of drug-likeness (QED) is 0.883. The first-order chi connectivity index (χ1) is 9.40. The molecule has 0 unspecified atom stereocenters. The van der Waals surface area contributed by atoms with Crippen molar-refractivity contribution < 1.29 is 9.53 Å². The average molecular weight is 274 g/mol.